The van der Waals surface area contributed by atoms with Gasteiger partial charge < -0.3 is 4.90 Å². The maximum atomic E-state index is 8.94. The first-order valence-corrected chi connectivity index (χ1v) is 10.7. The lowest BCUT2D eigenvalue weighted by molar-refractivity contribution is 0.0298. The van der Waals surface area contributed by atoms with Crippen LogP contribution in [-0.2, 0) is 0 Å². The molecule has 2 unspecified atom stereocenters. The van der Waals surface area contributed by atoms with Gasteiger partial charge in [-0.15, -0.1) is 0 Å². The summed E-state index contributed by atoms with van der Waals surface area (Å²) in [7, 11) is 0. The van der Waals surface area contributed by atoms with Crippen molar-refractivity contribution in [3.05, 3.63) is 36.9 Å². The molecule has 2 bridgehead atoms. The molecule has 3 aromatic heterocycles. The van der Waals surface area contributed by atoms with Gasteiger partial charge in [0.15, 0.2) is 0 Å². The van der Waals surface area contributed by atoms with Gasteiger partial charge in [-0.1, -0.05) is 0 Å². The minimum absolute atomic E-state index is 0.629. The van der Waals surface area contributed by atoms with E-state index in [2.05, 4.69) is 49.5 Å². The van der Waals surface area contributed by atoms with Gasteiger partial charge in [-0.3, -0.25) is 10.00 Å². The summed E-state index contributed by atoms with van der Waals surface area (Å²) in [5, 5.41) is 20.4. The first kappa shape index (κ1) is 17.0. The summed E-state index contributed by atoms with van der Waals surface area (Å²) in [4.78, 5) is 5.37. The van der Waals surface area contributed by atoms with Gasteiger partial charge in [-0.2, -0.15) is 15.5 Å². The number of fused-ring (bicyclic) bond motifs is 3. The average Bonchev–Trinajstić information content (AvgIpc) is 3.41. The molecule has 7 nitrogen and oxygen atoms in total. The molecule has 0 aromatic carbocycles. The van der Waals surface area contributed by atoms with Gasteiger partial charge in [-0.05, 0) is 43.7 Å². The Hall–Kier alpha value is -2.85. The number of hydrogen-bond acceptors (Lipinski definition) is 5. The zero-order valence-corrected chi connectivity index (χ0v) is 16.4. The van der Waals surface area contributed by atoms with E-state index >= 15 is 0 Å². The number of anilines is 1. The summed E-state index contributed by atoms with van der Waals surface area (Å²) >= 11 is 0. The molecule has 2 aliphatic heterocycles. The molecule has 0 spiro atoms. The van der Waals surface area contributed by atoms with Crippen molar-refractivity contribution in [2.45, 2.75) is 50.2 Å². The molecule has 7 heteroatoms. The molecule has 6 rings (SSSR count). The van der Waals surface area contributed by atoms with Crippen LogP contribution in [0.1, 0.15) is 32.1 Å². The van der Waals surface area contributed by atoms with Crippen LogP contribution in [0.4, 0.5) is 5.69 Å². The molecule has 1 saturated carbocycles. The Morgan fingerprint density at radius 1 is 1.14 bits per heavy atom. The third kappa shape index (κ3) is 2.74. The average molecular weight is 387 g/mol. The lowest BCUT2D eigenvalue weighted by atomic mass is 9.77. The van der Waals surface area contributed by atoms with Crippen molar-refractivity contribution < 1.29 is 0 Å². The predicted octanol–water partition coefficient (Wildman–Crippen LogP) is 3.07. The lowest BCUT2D eigenvalue weighted by Crippen LogP contribution is -2.60. The molecule has 1 aliphatic carbocycles. The van der Waals surface area contributed by atoms with Crippen LogP contribution in [0.15, 0.2) is 36.9 Å². The van der Waals surface area contributed by atoms with Gasteiger partial charge in [0, 0.05) is 67.4 Å². The highest BCUT2D eigenvalue weighted by Gasteiger charge is 2.47. The number of piperazine rings is 1. The van der Waals surface area contributed by atoms with Crippen molar-refractivity contribution in [2.24, 2.45) is 5.92 Å². The normalized spacial score (nSPS) is 29.1. The molecule has 0 amide bonds. The summed E-state index contributed by atoms with van der Waals surface area (Å²) in [6.45, 7) is 2.17. The van der Waals surface area contributed by atoms with E-state index in [9.17, 15) is 0 Å². The molecule has 2 atom stereocenters. The molecular weight excluding hydrogens is 362 g/mol. The number of hydrogen-bond donors (Lipinski definition) is 1. The highest BCUT2D eigenvalue weighted by atomic mass is 15.4. The van der Waals surface area contributed by atoms with E-state index in [1.165, 1.54) is 31.4 Å². The number of nitriles is 1. The van der Waals surface area contributed by atoms with Gasteiger partial charge in [-0.25, -0.2) is 4.52 Å². The van der Waals surface area contributed by atoms with Crippen LogP contribution in [0.25, 0.3) is 16.6 Å². The van der Waals surface area contributed by atoms with Gasteiger partial charge in [0.25, 0.3) is 0 Å². The minimum atomic E-state index is 0.629. The van der Waals surface area contributed by atoms with E-state index in [0.717, 1.165) is 36.2 Å². The van der Waals surface area contributed by atoms with Crippen LogP contribution < -0.4 is 4.90 Å². The fourth-order valence-electron chi connectivity index (χ4n) is 5.80. The third-order valence-electron chi connectivity index (χ3n) is 7.21. The maximum absolute atomic E-state index is 8.94. The van der Waals surface area contributed by atoms with Gasteiger partial charge in [0.05, 0.1) is 23.5 Å². The number of H-pyrrole nitrogens is 1. The van der Waals surface area contributed by atoms with Crippen LogP contribution in [0.3, 0.4) is 0 Å². The van der Waals surface area contributed by atoms with Crippen molar-refractivity contribution in [1.82, 2.24) is 24.7 Å². The zero-order chi connectivity index (χ0) is 19.4. The van der Waals surface area contributed by atoms with E-state index in [0.29, 0.717) is 24.0 Å². The second-order valence-electron chi connectivity index (χ2n) is 8.85. The van der Waals surface area contributed by atoms with Crippen LogP contribution in [0.5, 0.6) is 0 Å². The maximum Gasteiger partial charge on any atom is 0.0886 e. The molecule has 0 radical (unpaired) electrons. The standard InChI is InChI=1S/C22H25N7/c23-5-3-15-7-20(8-15)29-18-1-2-19(29)14-27(13-18)21-4-6-26-28-12-16(9-22(21)28)17-10-24-25-11-17/h4,6,9-12,15,18-20H,1-3,7-8,13-14H2,(H,24,25). The van der Waals surface area contributed by atoms with Crippen LogP contribution in [-0.4, -0.2) is 55.9 Å². The third-order valence-corrected chi connectivity index (χ3v) is 7.21. The fourth-order valence-corrected chi connectivity index (χ4v) is 5.80. The topological polar surface area (TPSA) is 76.2 Å². The van der Waals surface area contributed by atoms with Gasteiger partial charge in [0.1, 0.15) is 0 Å². The van der Waals surface area contributed by atoms with Gasteiger partial charge in [0.2, 0.25) is 0 Å². The highest BCUT2D eigenvalue weighted by Crippen LogP contribution is 2.43. The second kappa shape index (κ2) is 6.60. The number of nitrogens with one attached hydrogen (secondary N) is 1. The molecule has 3 aromatic rings. The molecule has 3 aliphatic rings. The van der Waals surface area contributed by atoms with Crippen molar-refractivity contribution in [1.29, 1.82) is 5.26 Å². The van der Waals surface area contributed by atoms with Crippen LogP contribution >= 0.6 is 0 Å². The quantitative estimate of drug-likeness (QED) is 0.745. The summed E-state index contributed by atoms with van der Waals surface area (Å²) < 4.78 is 1.99. The predicted molar refractivity (Wildman–Crippen MR) is 110 cm³/mol. The van der Waals surface area contributed by atoms with Crippen LogP contribution in [0, 0.1) is 17.2 Å². The summed E-state index contributed by atoms with van der Waals surface area (Å²) in [5.74, 6) is 0.629. The van der Waals surface area contributed by atoms with E-state index in [4.69, 9.17) is 5.26 Å². The summed E-state index contributed by atoms with van der Waals surface area (Å²) in [5.41, 5.74) is 4.66. The molecule has 148 valence electrons. The Morgan fingerprint density at radius 3 is 2.69 bits per heavy atom. The first-order valence-electron chi connectivity index (χ1n) is 10.7. The first-order chi connectivity index (χ1) is 14.3. The van der Waals surface area contributed by atoms with Crippen molar-refractivity contribution >= 4 is 11.2 Å². The zero-order valence-electron chi connectivity index (χ0n) is 16.4. The Labute approximate surface area is 169 Å². The summed E-state index contributed by atoms with van der Waals surface area (Å²) in [6.07, 6.45) is 13.5. The largest absolute Gasteiger partial charge is 0.367 e. The molecule has 1 N–H and O–H groups in total. The van der Waals surface area contributed by atoms with E-state index < -0.39 is 0 Å². The Bertz CT molecular complexity index is 1040. The van der Waals surface area contributed by atoms with Gasteiger partial charge >= 0.3 is 0 Å². The summed E-state index contributed by atoms with van der Waals surface area (Å²) in [6, 6.07) is 8.71. The van der Waals surface area contributed by atoms with Crippen molar-refractivity contribution in [3.63, 3.8) is 0 Å². The SMILES string of the molecule is N#CCC1CC(N2C3CCC2CN(c2ccnn4cc(-c5cn[nH]c5)cc24)C3)C1. The van der Waals surface area contributed by atoms with E-state index in [1.54, 1.807) is 0 Å². The molecule has 2 saturated heterocycles. The minimum Gasteiger partial charge on any atom is -0.367 e. The smallest absolute Gasteiger partial charge is 0.0886 e. The lowest BCUT2D eigenvalue weighted by Gasteiger charge is -2.50. The Balaban J connectivity index is 1.25. The van der Waals surface area contributed by atoms with Crippen molar-refractivity contribution in [3.8, 4) is 17.2 Å². The Kier molecular flexibility index (Phi) is 3.88. The molecule has 5 heterocycles. The number of aromatic amines is 1. The van der Waals surface area contributed by atoms with E-state index in [1.807, 2.05) is 23.1 Å². The number of rotatable bonds is 4. The molecular formula is C22H25N7. The van der Waals surface area contributed by atoms with Crippen LogP contribution in [0.2, 0.25) is 0 Å². The highest BCUT2D eigenvalue weighted by molar-refractivity contribution is 5.79. The van der Waals surface area contributed by atoms with Crippen molar-refractivity contribution in [2.75, 3.05) is 18.0 Å². The Morgan fingerprint density at radius 2 is 1.97 bits per heavy atom. The second-order valence-corrected chi connectivity index (χ2v) is 8.85. The number of aromatic nitrogens is 4. The monoisotopic (exact) mass is 387 g/mol. The molecule has 3 fully saturated rings. The number of nitrogens with zero attached hydrogens (tertiary/aromatic N) is 6. The fraction of sp³-hybridized carbons (Fsp3) is 0.500. The molecule has 29 heavy (non-hydrogen) atoms. The van der Waals surface area contributed by atoms with E-state index in [-0.39, 0.29) is 0 Å².